The fraction of sp³-hybridized carbons (Fsp3) is 0.100. The molecule has 5 rings (SSSR count). The van der Waals surface area contributed by atoms with Crippen molar-refractivity contribution in [2.45, 2.75) is 13.0 Å². The summed E-state index contributed by atoms with van der Waals surface area (Å²) < 4.78 is 19.4. The Labute approximate surface area is 159 Å². The highest BCUT2D eigenvalue weighted by atomic mass is 19.1. The second kappa shape index (κ2) is 6.73. The molecule has 4 heterocycles. The third-order valence-corrected chi connectivity index (χ3v) is 4.52. The summed E-state index contributed by atoms with van der Waals surface area (Å²) in [6.45, 7) is 0.715. The molecular weight excluding hydrogens is 357 g/mol. The van der Waals surface area contributed by atoms with Crippen molar-refractivity contribution in [3.8, 4) is 17.1 Å². The van der Waals surface area contributed by atoms with Crippen LogP contribution in [0.5, 0.6) is 0 Å². The molecule has 4 aromatic heterocycles. The minimum atomic E-state index is -0.316. The predicted molar refractivity (Wildman–Crippen MR) is 101 cm³/mol. The standard InChI is InChI=1S/C20H16FN7/c21-16-2-1-3-17(10-16)28-20(15-4-5-18-11-23-14-27(18)12-15)24-19(25-28)6-8-26-9-7-22-13-26/h1-5,7,9-14H,6,8H2. The van der Waals surface area contributed by atoms with Gasteiger partial charge in [0.2, 0.25) is 0 Å². The summed E-state index contributed by atoms with van der Waals surface area (Å²) in [6.07, 6.45) is 11.5. The van der Waals surface area contributed by atoms with Crippen LogP contribution in [-0.4, -0.2) is 33.7 Å². The molecule has 5 aromatic rings. The maximum absolute atomic E-state index is 13.8. The van der Waals surface area contributed by atoms with Gasteiger partial charge in [0.05, 0.1) is 30.1 Å². The van der Waals surface area contributed by atoms with Gasteiger partial charge in [0.1, 0.15) is 5.82 Å². The van der Waals surface area contributed by atoms with Crippen molar-refractivity contribution in [1.29, 1.82) is 0 Å². The lowest BCUT2D eigenvalue weighted by molar-refractivity contribution is 0.625. The van der Waals surface area contributed by atoms with Crippen molar-refractivity contribution < 1.29 is 4.39 Å². The summed E-state index contributed by atoms with van der Waals surface area (Å²) in [5.74, 6) is 1.02. The fourth-order valence-corrected chi connectivity index (χ4v) is 3.14. The van der Waals surface area contributed by atoms with E-state index >= 15 is 0 Å². The second-order valence-electron chi connectivity index (χ2n) is 6.44. The van der Waals surface area contributed by atoms with Crippen LogP contribution in [0, 0.1) is 5.82 Å². The lowest BCUT2D eigenvalue weighted by Gasteiger charge is -2.06. The first-order valence-corrected chi connectivity index (χ1v) is 8.86. The minimum Gasteiger partial charge on any atom is -0.337 e. The molecule has 0 aliphatic heterocycles. The van der Waals surface area contributed by atoms with Crippen molar-refractivity contribution >= 4 is 5.52 Å². The molecule has 0 unspecified atom stereocenters. The number of aryl methyl sites for hydroxylation is 2. The number of benzene rings is 1. The van der Waals surface area contributed by atoms with E-state index < -0.39 is 0 Å². The highest BCUT2D eigenvalue weighted by Gasteiger charge is 2.15. The van der Waals surface area contributed by atoms with Gasteiger partial charge in [-0.1, -0.05) is 6.07 Å². The molecule has 0 spiro atoms. The number of fused-ring (bicyclic) bond motifs is 1. The second-order valence-corrected chi connectivity index (χ2v) is 6.44. The van der Waals surface area contributed by atoms with E-state index in [1.165, 1.54) is 12.1 Å². The Balaban J connectivity index is 1.58. The van der Waals surface area contributed by atoms with Crippen LogP contribution in [0.1, 0.15) is 5.82 Å². The van der Waals surface area contributed by atoms with Crippen LogP contribution in [0.2, 0.25) is 0 Å². The number of hydrogen-bond donors (Lipinski definition) is 0. The van der Waals surface area contributed by atoms with Gasteiger partial charge in [-0.25, -0.2) is 24.0 Å². The molecule has 1 aromatic carbocycles. The molecule has 0 fully saturated rings. The molecule has 0 amide bonds. The maximum atomic E-state index is 13.8. The molecule has 0 atom stereocenters. The first-order valence-electron chi connectivity index (χ1n) is 8.86. The smallest absolute Gasteiger partial charge is 0.164 e. The molecule has 0 bridgehead atoms. The van der Waals surface area contributed by atoms with E-state index in [4.69, 9.17) is 4.98 Å². The van der Waals surface area contributed by atoms with Crippen LogP contribution in [0.4, 0.5) is 4.39 Å². The van der Waals surface area contributed by atoms with E-state index in [0.717, 1.165) is 11.1 Å². The van der Waals surface area contributed by atoms with Gasteiger partial charge in [-0.15, -0.1) is 0 Å². The summed E-state index contributed by atoms with van der Waals surface area (Å²) in [5, 5.41) is 4.65. The summed E-state index contributed by atoms with van der Waals surface area (Å²) >= 11 is 0. The lowest BCUT2D eigenvalue weighted by atomic mass is 10.2. The lowest BCUT2D eigenvalue weighted by Crippen LogP contribution is -2.02. The summed E-state index contributed by atoms with van der Waals surface area (Å²) in [4.78, 5) is 12.9. The van der Waals surface area contributed by atoms with Gasteiger partial charge >= 0.3 is 0 Å². The highest BCUT2D eigenvalue weighted by Crippen LogP contribution is 2.23. The number of halogens is 1. The molecule has 7 nitrogen and oxygen atoms in total. The van der Waals surface area contributed by atoms with Gasteiger partial charge in [-0.3, -0.25) is 0 Å². The van der Waals surface area contributed by atoms with E-state index in [9.17, 15) is 4.39 Å². The number of pyridine rings is 1. The van der Waals surface area contributed by atoms with Crippen molar-refractivity contribution in [1.82, 2.24) is 33.7 Å². The van der Waals surface area contributed by atoms with Crippen molar-refractivity contribution in [3.05, 3.63) is 85.5 Å². The van der Waals surface area contributed by atoms with Gasteiger partial charge in [-0.2, -0.15) is 5.10 Å². The molecule has 0 aliphatic carbocycles. The van der Waals surface area contributed by atoms with Crippen molar-refractivity contribution in [3.63, 3.8) is 0 Å². The highest BCUT2D eigenvalue weighted by molar-refractivity contribution is 5.61. The third-order valence-electron chi connectivity index (χ3n) is 4.52. The SMILES string of the molecule is Fc1cccc(-n2nc(CCn3ccnc3)nc2-c2ccc3cncn3c2)c1. The van der Waals surface area contributed by atoms with Gasteiger partial charge < -0.3 is 8.97 Å². The Morgan fingerprint density at radius 3 is 2.86 bits per heavy atom. The molecule has 0 saturated heterocycles. The van der Waals surface area contributed by atoms with E-state index in [1.54, 1.807) is 35.8 Å². The summed E-state index contributed by atoms with van der Waals surface area (Å²) in [6, 6.07) is 10.3. The zero-order chi connectivity index (χ0) is 18.9. The quantitative estimate of drug-likeness (QED) is 0.475. The number of rotatable bonds is 5. The Kier molecular flexibility index (Phi) is 3.93. The molecule has 0 N–H and O–H groups in total. The topological polar surface area (TPSA) is 65.8 Å². The van der Waals surface area contributed by atoms with Crippen LogP contribution in [0.3, 0.4) is 0 Å². The number of imidazole rings is 2. The first-order chi connectivity index (χ1) is 13.8. The Bertz CT molecular complexity index is 1240. The van der Waals surface area contributed by atoms with Crippen molar-refractivity contribution in [2.75, 3.05) is 0 Å². The molecular formula is C20H16FN7. The third kappa shape index (κ3) is 3.05. The zero-order valence-electron chi connectivity index (χ0n) is 14.9. The molecule has 0 aliphatic rings. The van der Waals surface area contributed by atoms with E-state index in [1.807, 2.05) is 39.6 Å². The zero-order valence-corrected chi connectivity index (χ0v) is 14.9. The van der Waals surface area contributed by atoms with Gasteiger partial charge in [0.15, 0.2) is 11.6 Å². The molecule has 28 heavy (non-hydrogen) atoms. The Morgan fingerprint density at radius 2 is 2.00 bits per heavy atom. The van der Waals surface area contributed by atoms with Crippen LogP contribution in [0.25, 0.3) is 22.6 Å². The van der Waals surface area contributed by atoms with E-state index in [-0.39, 0.29) is 5.82 Å². The normalized spacial score (nSPS) is 11.3. The average molecular weight is 373 g/mol. The largest absolute Gasteiger partial charge is 0.337 e. The molecule has 0 saturated carbocycles. The van der Waals surface area contributed by atoms with Gasteiger partial charge in [0, 0.05) is 37.1 Å². The van der Waals surface area contributed by atoms with Crippen LogP contribution in [0.15, 0.2) is 73.8 Å². The van der Waals surface area contributed by atoms with Crippen LogP contribution in [-0.2, 0) is 13.0 Å². The summed E-state index contributed by atoms with van der Waals surface area (Å²) in [5.41, 5.74) is 2.49. The number of hydrogen-bond acceptors (Lipinski definition) is 4. The van der Waals surface area contributed by atoms with E-state index in [0.29, 0.717) is 30.3 Å². The Hall–Kier alpha value is -3.81. The molecule has 138 valence electrons. The van der Waals surface area contributed by atoms with Gasteiger partial charge in [-0.05, 0) is 30.3 Å². The molecule has 8 heteroatoms. The first kappa shape index (κ1) is 16.4. The average Bonchev–Trinajstić information content (AvgIpc) is 3.45. The molecule has 0 radical (unpaired) electrons. The van der Waals surface area contributed by atoms with Crippen LogP contribution >= 0.6 is 0 Å². The van der Waals surface area contributed by atoms with Crippen LogP contribution < -0.4 is 0 Å². The number of nitrogens with zero attached hydrogens (tertiary/aromatic N) is 7. The van der Waals surface area contributed by atoms with E-state index in [2.05, 4.69) is 15.1 Å². The number of aromatic nitrogens is 7. The van der Waals surface area contributed by atoms with Gasteiger partial charge in [0.25, 0.3) is 0 Å². The monoisotopic (exact) mass is 373 g/mol. The maximum Gasteiger partial charge on any atom is 0.164 e. The summed E-state index contributed by atoms with van der Waals surface area (Å²) in [7, 11) is 0. The predicted octanol–water partition coefficient (Wildman–Crippen LogP) is 3.16. The fourth-order valence-electron chi connectivity index (χ4n) is 3.14. The Morgan fingerprint density at radius 1 is 1.04 bits per heavy atom. The van der Waals surface area contributed by atoms with Crippen molar-refractivity contribution in [2.24, 2.45) is 0 Å². The minimum absolute atomic E-state index is 0.316.